The number of halogens is 1. The first-order valence-electron chi connectivity index (χ1n) is 10.4. The quantitative estimate of drug-likeness (QED) is 0.653. The molecule has 0 aliphatic carbocycles. The highest BCUT2D eigenvalue weighted by Crippen LogP contribution is 2.27. The monoisotopic (exact) mass is 420 g/mol. The zero-order chi connectivity index (χ0) is 21.8. The minimum Gasteiger partial charge on any atom is -0.342 e. The Bertz CT molecular complexity index is 1090. The van der Waals surface area contributed by atoms with Crippen molar-refractivity contribution < 1.29 is 14.0 Å². The number of piperidine rings is 1. The Morgan fingerprint density at radius 3 is 2.65 bits per heavy atom. The number of aryl methyl sites for hydroxylation is 1. The van der Waals surface area contributed by atoms with E-state index in [4.69, 9.17) is 0 Å². The van der Waals surface area contributed by atoms with Crippen LogP contribution in [0.2, 0.25) is 0 Å². The number of amides is 2. The van der Waals surface area contributed by atoms with Crippen molar-refractivity contribution in [3.63, 3.8) is 0 Å². The number of hydrogen-bond donors (Lipinski definition) is 2. The van der Waals surface area contributed by atoms with Gasteiger partial charge in [0.15, 0.2) is 5.69 Å². The number of carbonyl (C=O) groups excluding carboxylic acids is 2. The van der Waals surface area contributed by atoms with E-state index in [1.165, 1.54) is 12.1 Å². The molecule has 1 aromatic heterocycles. The van der Waals surface area contributed by atoms with Gasteiger partial charge in [0.2, 0.25) is 5.91 Å². The molecule has 0 spiro atoms. The van der Waals surface area contributed by atoms with Gasteiger partial charge < -0.3 is 10.2 Å². The van der Waals surface area contributed by atoms with E-state index in [1.54, 1.807) is 18.2 Å². The largest absolute Gasteiger partial charge is 0.342 e. The van der Waals surface area contributed by atoms with Crippen LogP contribution in [0.5, 0.6) is 0 Å². The smallest absolute Gasteiger partial charge is 0.276 e. The third-order valence-electron chi connectivity index (χ3n) is 5.68. The van der Waals surface area contributed by atoms with Crippen LogP contribution >= 0.6 is 0 Å². The van der Waals surface area contributed by atoms with Gasteiger partial charge >= 0.3 is 0 Å². The molecule has 1 aliphatic rings. The molecule has 1 fully saturated rings. The molecule has 160 valence electrons. The van der Waals surface area contributed by atoms with Gasteiger partial charge in [-0.3, -0.25) is 14.7 Å². The maximum Gasteiger partial charge on any atom is 0.276 e. The van der Waals surface area contributed by atoms with E-state index in [9.17, 15) is 14.0 Å². The highest BCUT2D eigenvalue weighted by Gasteiger charge is 2.26. The third kappa shape index (κ3) is 4.99. The number of benzene rings is 2. The lowest BCUT2D eigenvalue weighted by Crippen LogP contribution is -2.38. The number of nitrogens with zero attached hydrogens (tertiary/aromatic N) is 2. The Balaban J connectivity index is 1.32. The molecule has 2 heterocycles. The second kappa shape index (κ2) is 9.12. The lowest BCUT2D eigenvalue weighted by atomic mass is 9.93. The molecule has 0 saturated carbocycles. The van der Waals surface area contributed by atoms with Gasteiger partial charge in [0.05, 0.1) is 12.1 Å². The fraction of sp³-hybridized carbons (Fsp3) is 0.292. The molecule has 0 atom stereocenters. The van der Waals surface area contributed by atoms with Crippen LogP contribution in [-0.2, 0) is 11.2 Å². The highest BCUT2D eigenvalue weighted by atomic mass is 19.1. The summed E-state index contributed by atoms with van der Waals surface area (Å²) in [7, 11) is 0. The first kappa shape index (κ1) is 20.8. The molecule has 31 heavy (non-hydrogen) atoms. The van der Waals surface area contributed by atoms with Gasteiger partial charge in [-0.05, 0) is 43.5 Å². The van der Waals surface area contributed by atoms with E-state index in [0.717, 1.165) is 29.7 Å². The molecule has 2 N–H and O–H groups in total. The predicted molar refractivity (Wildman–Crippen MR) is 116 cm³/mol. The Labute approximate surface area is 180 Å². The molecule has 0 bridgehead atoms. The van der Waals surface area contributed by atoms with Crippen LogP contribution in [0.25, 0.3) is 0 Å². The SMILES string of the molecule is Cc1cccc(CC(=O)N2CCC(c3cc(C(=O)Nc4ccccc4F)n[nH]3)CC2)c1. The predicted octanol–water partition coefficient (Wildman–Crippen LogP) is 4.06. The lowest BCUT2D eigenvalue weighted by Gasteiger charge is -2.31. The van der Waals surface area contributed by atoms with Crippen molar-refractivity contribution in [2.45, 2.75) is 32.1 Å². The van der Waals surface area contributed by atoms with Crippen molar-refractivity contribution in [2.75, 3.05) is 18.4 Å². The molecular formula is C24H25FN4O2. The Morgan fingerprint density at radius 1 is 1.13 bits per heavy atom. The maximum absolute atomic E-state index is 13.7. The molecule has 4 rings (SSSR count). The molecule has 0 radical (unpaired) electrons. The zero-order valence-corrected chi connectivity index (χ0v) is 17.4. The Kier molecular flexibility index (Phi) is 6.11. The number of aromatic amines is 1. The van der Waals surface area contributed by atoms with Crippen LogP contribution in [0, 0.1) is 12.7 Å². The molecule has 3 aromatic rings. The number of carbonyl (C=O) groups is 2. The number of nitrogens with one attached hydrogen (secondary N) is 2. The number of hydrogen-bond acceptors (Lipinski definition) is 3. The van der Waals surface area contributed by atoms with Gasteiger partial charge in [-0.15, -0.1) is 0 Å². The van der Waals surface area contributed by atoms with Crippen molar-refractivity contribution in [3.8, 4) is 0 Å². The molecule has 1 saturated heterocycles. The average Bonchev–Trinajstić information content (AvgIpc) is 3.26. The van der Waals surface area contributed by atoms with Crippen LogP contribution in [0.4, 0.5) is 10.1 Å². The summed E-state index contributed by atoms with van der Waals surface area (Å²) in [6.07, 6.45) is 2.02. The van der Waals surface area contributed by atoms with Gasteiger partial charge in [-0.1, -0.05) is 42.0 Å². The minimum absolute atomic E-state index is 0.123. The number of rotatable bonds is 5. The van der Waals surface area contributed by atoms with E-state index in [-0.39, 0.29) is 23.2 Å². The lowest BCUT2D eigenvalue weighted by molar-refractivity contribution is -0.131. The fourth-order valence-electron chi connectivity index (χ4n) is 3.96. The average molecular weight is 420 g/mol. The summed E-state index contributed by atoms with van der Waals surface area (Å²) in [4.78, 5) is 26.9. The van der Waals surface area contributed by atoms with Gasteiger partial charge in [0.25, 0.3) is 5.91 Å². The first-order chi connectivity index (χ1) is 15.0. The molecule has 6 nitrogen and oxygen atoms in total. The van der Waals surface area contributed by atoms with Crippen LogP contribution in [0.3, 0.4) is 0 Å². The summed E-state index contributed by atoms with van der Waals surface area (Å²) in [6, 6.07) is 15.8. The van der Waals surface area contributed by atoms with Crippen LogP contribution in [0.1, 0.15) is 46.1 Å². The standard InChI is InChI=1S/C24H25FN4O2/c1-16-5-4-6-17(13-16)14-23(30)29-11-9-18(10-12-29)21-15-22(28-27-21)24(31)26-20-8-3-2-7-19(20)25/h2-8,13,15,18H,9-12,14H2,1H3,(H,26,31)(H,27,28). The van der Waals surface area contributed by atoms with Gasteiger partial charge in [0, 0.05) is 24.7 Å². The molecule has 2 amide bonds. The number of likely N-dealkylation sites (tertiary alicyclic amines) is 1. The fourth-order valence-corrected chi connectivity index (χ4v) is 3.96. The van der Waals surface area contributed by atoms with Gasteiger partial charge in [0.1, 0.15) is 5.82 Å². The highest BCUT2D eigenvalue weighted by molar-refractivity contribution is 6.03. The van der Waals surface area contributed by atoms with E-state index < -0.39 is 11.7 Å². The molecule has 1 aliphatic heterocycles. The van der Waals surface area contributed by atoms with Crippen LogP contribution in [0.15, 0.2) is 54.6 Å². The number of H-pyrrole nitrogens is 1. The number of aromatic nitrogens is 2. The van der Waals surface area contributed by atoms with Gasteiger partial charge in [-0.2, -0.15) is 5.10 Å². The maximum atomic E-state index is 13.7. The number of anilines is 1. The summed E-state index contributed by atoms with van der Waals surface area (Å²) in [5, 5.41) is 9.58. The summed E-state index contributed by atoms with van der Waals surface area (Å²) in [5.41, 5.74) is 3.39. The number of para-hydroxylation sites is 1. The molecular weight excluding hydrogens is 395 g/mol. The van der Waals surface area contributed by atoms with Crippen molar-refractivity contribution in [3.05, 3.63) is 82.9 Å². The van der Waals surface area contributed by atoms with Crippen molar-refractivity contribution in [1.82, 2.24) is 15.1 Å². The molecule has 0 unspecified atom stereocenters. The summed E-state index contributed by atoms with van der Waals surface area (Å²) < 4.78 is 13.7. The van der Waals surface area contributed by atoms with E-state index in [0.29, 0.717) is 19.5 Å². The molecule has 2 aromatic carbocycles. The van der Waals surface area contributed by atoms with Crippen LogP contribution < -0.4 is 5.32 Å². The van der Waals surface area contributed by atoms with Gasteiger partial charge in [-0.25, -0.2) is 4.39 Å². The second-order valence-corrected chi connectivity index (χ2v) is 7.96. The molecule has 7 heteroatoms. The second-order valence-electron chi connectivity index (χ2n) is 7.96. The topological polar surface area (TPSA) is 78.1 Å². The Hall–Kier alpha value is -3.48. The van der Waals surface area contributed by atoms with E-state index in [1.807, 2.05) is 36.1 Å². The summed E-state index contributed by atoms with van der Waals surface area (Å²) in [6.45, 7) is 3.37. The minimum atomic E-state index is -0.491. The Morgan fingerprint density at radius 2 is 1.90 bits per heavy atom. The van der Waals surface area contributed by atoms with Crippen molar-refractivity contribution in [2.24, 2.45) is 0 Å². The zero-order valence-electron chi connectivity index (χ0n) is 17.4. The summed E-state index contributed by atoms with van der Waals surface area (Å²) >= 11 is 0. The van der Waals surface area contributed by atoms with Crippen LogP contribution in [-0.4, -0.2) is 40.0 Å². The first-order valence-corrected chi connectivity index (χ1v) is 10.4. The third-order valence-corrected chi connectivity index (χ3v) is 5.68. The van der Waals surface area contributed by atoms with Crippen molar-refractivity contribution >= 4 is 17.5 Å². The normalized spacial score (nSPS) is 14.5. The van der Waals surface area contributed by atoms with E-state index in [2.05, 4.69) is 15.5 Å². The van der Waals surface area contributed by atoms with Crippen molar-refractivity contribution in [1.29, 1.82) is 0 Å². The summed E-state index contributed by atoms with van der Waals surface area (Å²) in [5.74, 6) is -0.614. The van der Waals surface area contributed by atoms with E-state index >= 15 is 0 Å².